The molecule has 76 heteroatoms. The molecule has 0 aliphatic rings. The lowest BCUT2D eigenvalue weighted by Crippen LogP contribution is -2.20. The monoisotopic (exact) mass is 2080 g/mol. The summed E-state index contributed by atoms with van der Waals surface area (Å²) in [5, 5.41) is 9.03. The highest BCUT2D eigenvalue weighted by atomic mass is 31.2. The first kappa shape index (κ1) is 129. The zero-order valence-electron chi connectivity index (χ0n) is 65.3. The molecule has 0 radical (unpaired) electrons. The van der Waals surface area contributed by atoms with Crippen LogP contribution in [0.1, 0.15) is 87.5 Å². The average molecular weight is 2080 g/mol. The molecule has 0 saturated carbocycles. The minimum Gasteiger partial charge on any atom is -0.756 e. The van der Waals surface area contributed by atoms with E-state index in [-0.39, 0.29) is 57.2 Å². The fraction of sp³-hybridized carbons (Fsp3) is 1.00. The largest absolute Gasteiger partial charge is 0.756 e. The van der Waals surface area contributed by atoms with Gasteiger partial charge in [0.2, 0.25) is 0 Å². The second-order valence-electron chi connectivity index (χ2n) is 22.5. The Bertz CT molecular complexity index is 3390. The van der Waals surface area contributed by atoms with Crippen molar-refractivity contribution < 1.29 is 284 Å². The van der Waals surface area contributed by atoms with Crippen molar-refractivity contribution in [2.75, 3.05) is 178 Å². The summed E-state index contributed by atoms with van der Waals surface area (Å²) in [5.74, 6) is -1.11. The third-order valence-corrected chi connectivity index (χ3v) is 25.1. The average Bonchev–Trinajstić information content (AvgIpc) is 0.890. The predicted octanol–water partition coefficient (Wildman–Crippen LogP) is -3.44. The maximum Gasteiger partial charge on any atom is 0.268 e. The normalized spacial score (nSPS) is 20.8. The van der Waals surface area contributed by atoms with Crippen molar-refractivity contribution in [3.63, 3.8) is 0 Å². The smallest absolute Gasteiger partial charge is 0.268 e. The van der Waals surface area contributed by atoms with Gasteiger partial charge in [-0.3, -0.25) is 68.5 Å². The summed E-state index contributed by atoms with van der Waals surface area (Å²) in [6.07, 6.45) is 2.82. The van der Waals surface area contributed by atoms with E-state index in [0.717, 1.165) is 19.3 Å². The van der Waals surface area contributed by atoms with Gasteiger partial charge in [0.25, 0.3) is 117 Å². The van der Waals surface area contributed by atoms with Crippen LogP contribution in [0, 0.1) is 29.6 Å². The van der Waals surface area contributed by atoms with Gasteiger partial charge in [-0.15, -0.1) is 0 Å². The predicted molar refractivity (Wildman–Crippen MR) is 371 cm³/mol. The Morgan fingerprint density at radius 1 is 0.190 bits per heavy atom. The van der Waals surface area contributed by atoms with Gasteiger partial charge in [0.05, 0.1) is 172 Å². The van der Waals surface area contributed by atoms with E-state index in [1.807, 2.05) is 41.5 Å². The van der Waals surface area contributed by atoms with Crippen LogP contribution in [0.5, 0.6) is 0 Å². The quantitative estimate of drug-likeness (QED) is 0.0292. The highest BCUT2D eigenvalue weighted by Crippen LogP contribution is 2.48. The first-order chi connectivity index (χ1) is 55.1. The lowest BCUT2D eigenvalue weighted by atomic mass is 10.1. The summed E-state index contributed by atoms with van der Waals surface area (Å²) in [5.41, 5.74) is 0. The lowest BCUT2D eigenvalue weighted by molar-refractivity contribution is -0.238. The van der Waals surface area contributed by atoms with Crippen LogP contribution in [-0.2, 0) is 186 Å². The molecule has 61 nitrogen and oxygen atoms in total. The van der Waals surface area contributed by atoms with E-state index in [4.69, 9.17) is 24.7 Å². The Balaban J connectivity index is -0.00000106. The van der Waals surface area contributed by atoms with Gasteiger partial charge in [-0.1, -0.05) is 74.7 Å². The number of rotatable bonds is 74. The second kappa shape index (κ2) is 65.3. The first-order valence-electron chi connectivity index (χ1n) is 34.0. The molecule has 0 saturated heterocycles. The molecule has 0 aromatic rings. The van der Waals surface area contributed by atoms with E-state index in [9.17, 15) is 142 Å². The van der Waals surface area contributed by atoms with Crippen LogP contribution >= 0.6 is 117 Å². The summed E-state index contributed by atoms with van der Waals surface area (Å²) >= 11 is 0. The fourth-order valence-electron chi connectivity index (χ4n) is 5.59. The third-order valence-electron chi connectivity index (χ3n) is 12.3. The Labute approximate surface area is 694 Å². The van der Waals surface area contributed by atoms with Crippen molar-refractivity contribution in [1.82, 2.24) is 0 Å². The van der Waals surface area contributed by atoms with Crippen LogP contribution in [-0.4, -0.2) is 203 Å². The highest BCUT2D eigenvalue weighted by Gasteiger charge is 2.23. The van der Waals surface area contributed by atoms with Crippen molar-refractivity contribution in [3.8, 4) is 0 Å². The van der Waals surface area contributed by atoms with E-state index >= 15 is 0 Å². The zero-order valence-corrected chi connectivity index (χ0v) is 78.7. The Morgan fingerprint density at radius 3 is 0.446 bits per heavy atom. The molecule has 0 fully saturated rings. The summed E-state index contributed by atoms with van der Waals surface area (Å²) in [6.45, 7) is -4.85. The van der Waals surface area contributed by atoms with Crippen LogP contribution in [0.3, 0.4) is 0 Å². The van der Waals surface area contributed by atoms with Crippen LogP contribution < -0.4 is 73.4 Å². The number of hydrogen-bond donors (Lipinski definition) is 5. The molecule has 0 rings (SSSR count). The summed E-state index contributed by atoms with van der Waals surface area (Å²) < 4.78 is 280. The third kappa shape index (κ3) is 89.3. The Hall–Kier alpha value is 1.61. The number of phosphoric acid groups is 15. The number of phosphoric ester groups is 15. The molecule has 0 amide bonds. The Morgan fingerprint density at radius 2 is 0.314 bits per heavy atom. The molecule has 0 aliphatic heterocycles. The molecule has 734 valence electrons. The van der Waals surface area contributed by atoms with Crippen LogP contribution in [0.25, 0.3) is 0 Å². The van der Waals surface area contributed by atoms with E-state index in [2.05, 4.69) is 118 Å². The molecular formula is C45H98O61P15-15. The minimum atomic E-state index is -5.26. The van der Waals surface area contributed by atoms with Gasteiger partial charge in [-0.25, -0.2) is 0 Å². The molecule has 0 spiro atoms. The molecule has 0 aromatic heterocycles. The maximum atomic E-state index is 11.8. The van der Waals surface area contributed by atoms with Gasteiger partial charge in [-0.2, -0.15) is 0 Å². The molecule has 0 bridgehead atoms. The van der Waals surface area contributed by atoms with E-state index in [0.29, 0.717) is 6.42 Å². The molecule has 5 N–H and O–H groups in total. The zero-order chi connectivity index (χ0) is 94.4. The van der Waals surface area contributed by atoms with Gasteiger partial charge >= 0.3 is 0 Å². The van der Waals surface area contributed by atoms with Crippen LogP contribution in [0.15, 0.2) is 0 Å². The van der Waals surface area contributed by atoms with Crippen molar-refractivity contribution in [1.29, 1.82) is 0 Å². The molecule has 0 heterocycles. The minimum absolute atomic E-state index is 0.00180. The van der Waals surface area contributed by atoms with Crippen molar-refractivity contribution in [2.45, 2.75) is 87.5 Å². The standard InChI is InChI=1S/C24H59O37P9.3C7H18O8P2/c1-3-23(19-25)20-60-69(41,42)57-17-15-55-67(37,38)53-13-11-51-65(33,34)49-9-7-47-63(29,30)45-5-6-46-64(31,32)48-8-10-50-66(35,36)52-12-14-54-68(39,40)56-16-18-58-70(43,44)61-22-24(4-2)21-59-62(26,27)28;3*1-3-7(2)6-15-17(11,12)14-5-4-13-16(8,9)10/h23-25H,3-22H2,1-2H3,(H,29,30)(H,31,32)(H,33,34)(H,35,36)(H,37,38)(H,39,40)(H,41,42)(H,43,44)(H2,26,27,28);3*7H,3-6H2,1-2H3,(H,11,12)(H2,8,9,10)/p-15. The number of hydrogen-bond acceptors (Lipinski definition) is 57. The molecule has 20 atom stereocenters. The number of aliphatic hydroxyl groups excluding tert-OH is 1. The van der Waals surface area contributed by atoms with Gasteiger partial charge in [0.1, 0.15) is 0 Å². The Kier molecular flexibility index (Phi) is 69.5. The van der Waals surface area contributed by atoms with E-state index in [1.165, 1.54) is 6.92 Å². The van der Waals surface area contributed by atoms with E-state index < -0.39 is 275 Å². The molecule has 0 aliphatic carbocycles. The second-order valence-corrected chi connectivity index (χ2v) is 42.8. The first-order valence-corrected chi connectivity index (χ1v) is 56.1. The fourth-order valence-corrected chi connectivity index (χ4v) is 14.9. The van der Waals surface area contributed by atoms with Crippen molar-refractivity contribution >= 4 is 117 Å². The molecule has 0 aromatic carbocycles. The van der Waals surface area contributed by atoms with Gasteiger partial charge < -0.3 is 216 Å². The van der Waals surface area contributed by atoms with Crippen LogP contribution in [0.4, 0.5) is 0 Å². The molecule has 121 heavy (non-hydrogen) atoms. The molecular weight excluding hydrogens is 1980 g/mol. The highest BCUT2D eigenvalue weighted by molar-refractivity contribution is 7.49. The SMILES string of the molecule is CCC(C)COP(=O)([O-])OCCOP(=O)([O-])O.CCC(C)COP(=O)([O-])OCCOP(=O)([O-])O.CCC(C)COP(=O)([O-])OCCOP(=O)([O-])O.CCC(CO)COP(=O)([O-])OCCOP(=O)([O-])OCCOP(=O)([O-])OCCOP(=O)([O-])OCCOP(=O)([O-])OCCOP(=O)([O-])OCCOP(=O)([O-])OCCOP(=O)([O-])OCC(CC)COP(=O)([O-])O. The summed E-state index contributed by atoms with van der Waals surface area (Å²) in [7, 11) is -74.2. The topological polar surface area (TPSA) is 943 Å². The lowest BCUT2D eigenvalue weighted by Gasteiger charge is -2.27. The van der Waals surface area contributed by atoms with Gasteiger partial charge in [-0.05, 0) is 30.6 Å². The number of aliphatic hydroxyl groups is 1. The van der Waals surface area contributed by atoms with E-state index in [1.54, 1.807) is 6.92 Å². The maximum absolute atomic E-state index is 11.8. The summed E-state index contributed by atoms with van der Waals surface area (Å²) in [6, 6.07) is 0. The summed E-state index contributed by atoms with van der Waals surface area (Å²) in [4.78, 5) is 202. The van der Waals surface area contributed by atoms with Crippen molar-refractivity contribution in [3.05, 3.63) is 0 Å². The van der Waals surface area contributed by atoms with Gasteiger partial charge in [0, 0.05) is 18.4 Å². The van der Waals surface area contributed by atoms with Crippen molar-refractivity contribution in [2.24, 2.45) is 29.6 Å². The molecule has 20 unspecified atom stereocenters. The van der Waals surface area contributed by atoms with Crippen LogP contribution in [0.2, 0.25) is 0 Å². The van der Waals surface area contributed by atoms with Gasteiger partial charge in [0.15, 0.2) is 0 Å².